The van der Waals surface area contributed by atoms with Gasteiger partial charge in [-0.1, -0.05) is 338 Å². The number of halogens is 6. The molecule has 0 saturated heterocycles. The minimum absolute atomic E-state index is 0.203. The van der Waals surface area contributed by atoms with E-state index in [0.29, 0.717) is 5.82 Å². The Morgan fingerprint density at radius 2 is 0.450 bits per heavy atom. The van der Waals surface area contributed by atoms with Gasteiger partial charge in [-0.25, -0.2) is 9.97 Å². The van der Waals surface area contributed by atoms with Crippen LogP contribution in [0.3, 0.4) is 0 Å². The maximum atomic E-state index is 5.36. The molecular weight excluding hydrogens is 1860 g/mol. The summed E-state index contributed by atoms with van der Waals surface area (Å²) < 4.78 is 6.10. The normalized spacial score (nSPS) is 16.6. The highest BCUT2D eigenvalue weighted by molar-refractivity contribution is 9.11. The molecular formula is C108H78Br6N6. The van der Waals surface area contributed by atoms with E-state index in [1.807, 2.05) is 12.3 Å². The molecule has 5 aromatic heterocycles. The van der Waals surface area contributed by atoms with E-state index >= 15 is 0 Å². The van der Waals surface area contributed by atoms with Gasteiger partial charge in [0.05, 0.1) is 28.5 Å². The number of nitrogens with zero attached hydrogens (tertiary/aromatic N) is 6. The van der Waals surface area contributed by atoms with Gasteiger partial charge in [0.1, 0.15) is 0 Å². The summed E-state index contributed by atoms with van der Waals surface area (Å²) in [5.74, 6) is 1.95. The van der Waals surface area contributed by atoms with Crippen molar-refractivity contribution in [3.63, 3.8) is 0 Å². The third kappa shape index (κ3) is 16.9. The molecule has 4 atom stereocenters. The number of benzene rings is 12. The van der Waals surface area contributed by atoms with Crippen molar-refractivity contribution < 1.29 is 0 Å². The SMILES string of the molecule is Brc1cccc(-c2ccc(-c3ccccc3C3CC(c4ccccc4-c4ccc(-c5cccc(Br)c5)nc4)CC(c4ccccc4-c4ccc(-c5ccnc(-c6ccc(-c7ccccc7C7CC(c8ccccc8-c8ccc(-c9cccc(Br)c9)nc8)CC(c8ccccc8-c8ccc(-c9cccc(Br)c9)nc8)C7)c(Br)c6)n5)cc4Br)C3)cn2)c1. The molecule has 12 aromatic carbocycles. The molecule has 0 spiro atoms. The van der Waals surface area contributed by atoms with Gasteiger partial charge in [0.15, 0.2) is 5.82 Å². The lowest BCUT2D eigenvalue weighted by Crippen LogP contribution is -2.21. The average Bonchev–Trinajstić information content (AvgIpc) is 0.767. The van der Waals surface area contributed by atoms with Crippen molar-refractivity contribution in [2.24, 2.45) is 0 Å². The second kappa shape index (κ2) is 35.5. The minimum atomic E-state index is 0.203. The van der Waals surface area contributed by atoms with Crippen LogP contribution >= 0.6 is 95.6 Å². The van der Waals surface area contributed by atoms with E-state index in [4.69, 9.17) is 29.9 Å². The fourth-order valence-corrected chi connectivity index (χ4v) is 21.5. The first-order chi connectivity index (χ1) is 58.9. The van der Waals surface area contributed by atoms with Crippen molar-refractivity contribution in [1.29, 1.82) is 0 Å². The summed E-state index contributed by atoms with van der Waals surface area (Å²) in [6.45, 7) is 0. The van der Waals surface area contributed by atoms with Crippen LogP contribution in [0.4, 0.5) is 0 Å². The molecule has 0 amide bonds. The molecule has 6 nitrogen and oxygen atoms in total. The Hall–Kier alpha value is -10.8. The van der Waals surface area contributed by atoms with Crippen LogP contribution < -0.4 is 0 Å². The van der Waals surface area contributed by atoms with Crippen LogP contribution in [-0.4, -0.2) is 29.9 Å². The van der Waals surface area contributed by atoms with Crippen molar-refractivity contribution >= 4 is 95.6 Å². The van der Waals surface area contributed by atoms with Crippen LogP contribution in [-0.2, 0) is 0 Å². The van der Waals surface area contributed by atoms with Crippen LogP contribution in [0, 0.1) is 0 Å². The summed E-state index contributed by atoms with van der Waals surface area (Å²) in [6.07, 6.45) is 16.0. The molecule has 12 heteroatoms. The van der Waals surface area contributed by atoms with Crippen molar-refractivity contribution in [3.05, 3.63) is 425 Å². The van der Waals surface area contributed by atoms with E-state index in [0.717, 1.165) is 161 Å². The van der Waals surface area contributed by atoms with Crippen LogP contribution in [0.1, 0.15) is 107 Å². The first kappa shape index (κ1) is 79.0. The molecule has 5 heterocycles. The monoisotopic (exact) mass is 1930 g/mol. The maximum Gasteiger partial charge on any atom is 0.159 e. The predicted molar refractivity (Wildman–Crippen MR) is 515 cm³/mol. The van der Waals surface area contributed by atoms with Gasteiger partial charge in [0, 0.05) is 113 Å². The lowest BCUT2D eigenvalue weighted by atomic mass is 9.66. The van der Waals surface area contributed by atoms with E-state index in [9.17, 15) is 0 Å². The Kier molecular flexibility index (Phi) is 23.4. The fourth-order valence-electron chi connectivity index (χ4n) is 18.7. The number of hydrogen-bond acceptors (Lipinski definition) is 6. The minimum Gasteiger partial charge on any atom is -0.256 e. The summed E-state index contributed by atoms with van der Waals surface area (Å²) in [4.78, 5) is 30.6. The molecule has 2 aliphatic rings. The van der Waals surface area contributed by atoms with Gasteiger partial charge in [-0.05, 0) is 243 Å². The third-order valence-corrected chi connectivity index (χ3v) is 27.6. The standard InChI is InChI=1S/C108H78Br6N6/c109-83-21-13-17-67(57-83)103-45-39-73(63-116-103)87-25-1-5-29-91(87)77-51-78(92-30-6-2-26-88(92)74-40-46-104(117-64-74)68-18-14-22-84(110)58-68)54-81(53-77)95-33-9-11-35-97(95)99-43-37-71(61-101(99)113)107-49-50-115-108(120-107)72-38-44-100(102(114)62-72)98-36-12-10-34-96(98)82-55-79(93-31-7-3-27-89(93)75-41-47-105(118-65-75)69-19-15-23-85(111)59-69)52-80(56-82)94-32-8-4-28-90(94)76-42-48-106(119-66-76)70-20-16-24-86(112)60-70/h1-50,57-66,77-82H,51-56H2. The van der Waals surface area contributed by atoms with Gasteiger partial charge < -0.3 is 0 Å². The number of hydrogen-bond donors (Lipinski definition) is 0. The number of aromatic nitrogens is 6. The second-order valence-corrected chi connectivity index (χ2v) is 36.9. The van der Waals surface area contributed by atoms with Crippen molar-refractivity contribution in [1.82, 2.24) is 29.9 Å². The van der Waals surface area contributed by atoms with Gasteiger partial charge in [-0.3, -0.25) is 19.9 Å². The quantitative estimate of drug-likeness (QED) is 0.0852. The van der Waals surface area contributed by atoms with Gasteiger partial charge in [0.2, 0.25) is 0 Å². The zero-order valence-corrected chi connectivity index (χ0v) is 74.8. The molecule has 0 N–H and O–H groups in total. The molecule has 4 unspecified atom stereocenters. The van der Waals surface area contributed by atoms with E-state index in [-0.39, 0.29) is 35.5 Å². The van der Waals surface area contributed by atoms with Gasteiger partial charge in [-0.2, -0.15) is 0 Å². The molecule has 19 rings (SSSR count). The Labute approximate surface area is 751 Å². The topological polar surface area (TPSA) is 77.3 Å². The number of pyridine rings is 4. The first-order valence-corrected chi connectivity index (χ1v) is 45.5. The lowest BCUT2D eigenvalue weighted by molar-refractivity contribution is 0.353. The maximum absolute atomic E-state index is 5.36. The van der Waals surface area contributed by atoms with Crippen LogP contribution in [0.25, 0.3) is 134 Å². The molecule has 2 fully saturated rings. The van der Waals surface area contributed by atoms with Crippen LogP contribution in [0.15, 0.2) is 391 Å². The summed E-state index contributed by atoms with van der Waals surface area (Å²) in [7, 11) is 0. The van der Waals surface area contributed by atoms with Crippen LogP contribution in [0.5, 0.6) is 0 Å². The molecule has 120 heavy (non-hydrogen) atoms. The van der Waals surface area contributed by atoms with E-state index in [1.165, 1.54) is 66.8 Å². The smallest absolute Gasteiger partial charge is 0.159 e. The average molecular weight is 1940 g/mol. The molecule has 0 aliphatic heterocycles. The summed E-state index contributed by atoms with van der Waals surface area (Å²) in [6, 6.07) is 121. The third-order valence-electron chi connectivity index (χ3n) is 24.3. The molecule has 17 aromatic rings. The summed E-state index contributed by atoms with van der Waals surface area (Å²) >= 11 is 23.1. The zero-order chi connectivity index (χ0) is 81.2. The lowest BCUT2D eigenvalue weighted by Gasteiger charge is -2.38. The Morgan fingerprint density at radius 1 is 0.192 bits per heavy atom. The van der Waals surface area contributed by atoms with E-state index < -0.39 is 0 Å². The second-order valence-electron chi connectivity index (χ2n) is 31.5. The Balaban J connectivity index is 0.622. The van der Waals surface area contributed by atoms with Crippen molar-refractivity contribution in [3.8, 4) is 134 Å². The highest BCUT2D eigenvalue weighted by Crippen LogP contribution is 2.56. The van der Waals surface area contributed by atoms with Crippen molar-refractivity contribution in [2.45, 2.75) is 74.0 Å². The first-order valence-electron chi connectivity index (χ1n) is 40.8. The Morgan fingerprint density at radius 3 is 0.733 bits per heavy atom. The molecule has 0 radical (unpaired) electrons. The summed E-state index contributed by atoms with van der Waals surface area (Å²) in [5.41, 5.74) is 32.9. The van der Waals surface area contributed by atoms with Gasteiger partial charge in [-0.15, -0.1) is 0 Å². The van der Waals surface area contributed by atoms with E-state index in [2.05, 4.69) is 448 Å². The molecule has 582 valence electrons. The Bertz CT molecular complexity index is 5960. The largest absolute Gasteiger partial charge is 0.256 e. The molecule has 0 bridgehead atoms. The molecule has 2 saturated carbocycles. The fraction of sp³-hybridized carbons (Fsp3) is 0.111. The molecule has 2 aliphatic carbocycles. The van der Waals surface area contributed by atoms with Gasteiger partial charge >= 0.3 is 0 Å². The van der Waals surface area contributed by atoms with Gasteiger partial charge in [0.25, 0.3) is 0 Å². The predicted octanol–water partition coefficient (Wildman–Crippen LogP) is 32.3. The number of rotatable bonds is 18. The summed E-state index contributed by atoms with van der Waals surface area (Å²) in [5, 5.41) is 0. The highest BCUT2D eigenvalue weighted by atomic mass is 79.9. The van der Waals surface area contributed by atoms with Crippen molar-refractivity contribution in [2.75, 3.05) is 0 Å². The van der Waals surface area contributed by atoms with Crippen LogP contribution in [0.2, 0.25) is 0 Å². The highest BCUT2D eigenvalue weighted by Gasteiger charge is 2.38. The zero-order valence-electron chi connectivity index (χ0n) is 65.3. The van der Waals surface area contributed by atoms with E-state index in [1.54, 1.807) is 0 Å².